The Hall–Kier alpha value is -1.10. The molecule has 0 saturated carbocycles. The normalized spacial score (nSPS) is 24.6. The fourth-order valence-electron chi connectivity index (χ4n) is 2.37. The van der Waals surface area contributed by atoms with E-state index in [1.807, 2.05) is 6.92 Å². The molecule has 0 aromatic rings. The maximum atomic E-state index is 12.0. The molecule has 1 aliphatic heterocycles. The Labute approximate surface area is 115 Å². The molecule has 1 saturated heterocycles. The molecule has 1 aliphatic rings. The number of hydrogen-bond acceptors (Lipinski definition) is 4. The second-order valence-electron chi connectivity index (χ2n) is 5.44. The molecule has 3 atom stereocenters. The van der Waals surface area contributed by atoms with E-state index in [4.69, 9.17) is 4.74 Å². The van der Waals surface area contributed by atoms with Gasteiger partial charge in [-0.15, -0.1) is 0 Å². The summed E-state index contributed by atoms with van der Waals surface area (Å²) in [6, 6.07) is 0.404. The van der Waals surface area contributed by atoms with Crippen molar-refractivity contribution in [3.63, 3.8) is 0 Å². The third-order valence-electron chi connectivity index (χ3n) is 3.44. The van der Waals surface area contributed by atoms with Crippen LogP contribution in [-0.4, -0.2) is 37.6 Å². The van der Waals surface area contributed by atoms with E-state index in [0.717, 1.165) is 19.4 Å². The van der Waals surface area contributed by atoms with Crippen molar-refractivity contribution in [1.82, 2.24) is 10.6 Å². The molecule has 0 bridgehead atoms. The lowest BCUT2D eigenvalue weighted by atomic mass is 9.92. The molecule has 110 valence electrons. The average Bonchev–Trinajstić information content (AvgIpc) is 2.36. The third kappa shape index (κ3) is 6.05. The van der Waals surface area contributed by atoms with Gasteiger partial charge in [-0.05, 0) is 39.2 Å². The van der Waals surface area contributed by atoms with Crippen LogP contribution in [0.5, 0.6) is 0 Å². The lowest BCUT2D eigenvalue weighted by Crippen LogP contribution is -2.43. The minimum atomic E-state index is -0.195. The number of amides is 1. The van der Waals surface area contributed by atoms with Crippen LogP contribution in [0.15, 0.2) is 0 Å². The topological polar surface area (TPSA) is 67.4 Å². The monoisotopic (exact) mass is 270 g/mol. The Balaban J connectivity index is 2.23. The Morgan fingerprint density at radius 1 is 1.47 bits per heavy atom. The summed E-state index contributed by atoms with van der Waals surface area (Å²) in [7, 11) is 0. The van der Waals surface area contributed by atoms with Crippen molar-refractivity contribution in [1.29, 1.82) is 0 Å². The highest BCUT2D eigenvalue weighted by Gasteiger charge is 2.24. The molecule has 0 aromatic carbocycles. The van der Waals surface area contributed by atoms with Crippen molar-refractivity contribution >= 4 is 11.9 Å². The molecule has 0 aromatic heterocycles. The number of esters is 1. The van der Waals surface area contributed by atoms with Crippen LogP contribution in [0.2, 0.25) is 0 Å². The molecule has 2 N–H and O–H groups in total. The molecule has 1 fully saturated rings. The molecule has 1 rings (SSSR count). The van der Waals surface area contributed by atoms with Gasteiger partial charge in [-0.25, -0.2) is 0 Å². The molecular weight excluding hydrogens is 244 g/mol. The summed E-state index contributed by atoms with van der Waals surface area (Å²) in [6.45, 7) is 7.69. The lowest BCUT2D eigenvalue weighted by Gasteiger charge is -2.27. The summed E-state index contributed by atoms with van der Waals surface area (Å²) in [6.07, 6.45) is 2.14. The first kappa shape index (κ1) is 16.0. The number of rotatable bonds is 6. The summed E-state index contributed by atoms with van der Waals surface area (Å²) >= 11 is 0. The molecule has 0 spiro atoms. The van der Waals surface area contributed by atoms with Gasteiger partial charge in [0.1, 0.15) is 0 Å². The maximum Gasteiger partial charge on any atom is 0.306 e. The van der Waals surface area contributed by atoms with Crippen LogP contribution in [0.4, 0.5) is 0 Å². The van der Waals surface area contributed by atoms with Gasteiger partial charge in [0.15, 0.2) is 0 Å². The fraction of sp³-hybridized carbons (Fsp3) is 0.857. The number of nitrogens with one attached hydrogen (secondary N) is 2. The number of hydrogen-bond donors (Lipinski definition) is 2. The van der Waals surface area contributed by atoms with Crippen LogP contribution in [0, 0.1) is 11.8 Å². The largest absolute Gasteiger partial charge is 0.466 e. The minimum Gasteiger partial charge on any atom is -0.466 e. The van der Waals surface area contributed by atoms with Crippen molar-refractivity contribution in [2.45, 2.75) is 46.1 Å². The molecule has 1 unspecified atom stereocenters. The molecule has 1 amide bonds. The first-order chi connectivity index (χ1) is 9.02. The van der Waals surface area contributed by atoms with E-state index in [0.29, 0.717) is 25.6 Å². The third-order valence-corrected chi connectivity index (χ3v) is 3.44. The molecule has 0 aliphatic carbocycles. The molecular formula is C14H26N2O3. The number of carbonyl (C=O) groups excluding carboxylic acids is 2. The zero-order chi connectivity index (χ0) is 14.3. The Bertz CT molecular complexity index is 307. The van der Waals surface area contributed by atoms with E-state index in [9.17, 15) is 9.59 Å². The second kappa shape index (κ2) is 8.15. The van der Waals surface area contributed by atoms with Gasteiger partial charge in [0.25, 0.3) is 0 Å². The molecule has 5 heteroatoms. The Kier molecular flexibility index (Phi) is 6.84. The number of carbonyl (C=O) groups is 2. The van der Waals surface area contributed by atoms with Gasteiger partial charge in [0.05, 0.1) is 6.61 Å². The summed E-state index contributed by atoms with van der Waals surface area (Å²) in [5.41, 5.74) is 0. The number of ether oxygens (including phenoxy) is 1. The highest BCUT2D eigenvalue weighted by Crippen LogP contribution is 2.16. The molecule has 5 nitrogen and oxygen atoms in total. The average molecular weight is 270 g/mol. The molecule has 1 heterocycles. The van der Waals surface area contributed by atoms with Gasteiger partial charge in [0, 0.05) is 24.9 Å². The van der Waals surface area contributed by atoms with E-state index >= 15 is 0 Å². The first-order valence-electron chi connectivity index (χ1n) is 7.19. The first-order valence-corrected chi connectivity index (χ1v) is 7.19. The highest BCUT2D eigenvalue weighted by atomic mass is 16.5. The zero-order valence-electron chi connectivity index (χ0n) is 12.2. The van der Waals surface area contributed by atoms with E-state index in [1.54, 1.807) is 6.92 Å². The maximum absolute atomic E-state index is 12.0. The molecule has 0 radical (unpaired) electrons. The van der Waals surface area contributed by atoms with Gasteiger partial charge in [-0.1, -0.05) is 6.92 Å². The van der Waals surface area contributed by atoms with Crippen LogP contribution < -0.4 is 10.6 Å². The van der Waals surface area contributed by atoms with Crippen molar-refractivity contribution in [3.8, 4) is 0 Å². The second-order valence-corrected chi connectivity index (χ2v) is 5.44. The predicted molar refractivity (Wildman–Crippen MR) is 73.6 cm³/mol. The smallest absolute Gasteiger partial charge is 0.306 e. The van der Waals surface area contributed by atoms with Gasteiger partial charge in [-0.2, -0.15) is 0 Å². The summed E-state index contributed by atoms with van der Waals surface area (Å²) in [4.78, 5) is 23.3. The van der Waals surface area contributed by atoms with Gasteiger partial charge < -0.3 is 15.4 Å². The van der Waals surface area contributed by atoms with E-state index in [-0.39, 0.29) is 23.7 Å². The van der Waals surface area contributed by atoms with Gasteiger partial charge in [-0.3, -0.25) is 9.59 Å². The number of piperidine rings is 1. The van der Waals surface area contributed by atoms with Crippen LogP contribution in [0.1, 0.15) is 40.0 Å². The van der Waals surface area contributed by atoms with Crippen molar-refractivity contribution < 1.29 is 14.3 Å². The van der Waals surface area contributed by atoms with Crippen LogP contribution >= 0.6 is 0 Å². The summed E-state index contributed by atoms with van der Waals surface area (Å²) in [5.74, 6) is 0.136. The zero-order valence-corrected chi connectivity index (χ0v) is 12.2. The fourth-order valence-corrected chi connectivity index (χ4v) is 2.37. The van der Waals surface area contributed by atoms with Crippen LogP contribution in [-0.2, 0) is 14.3 Å². The van der Waals surface area contributed by atoms with Crippen molar-refractivity contribution in [3.05, 3.63) is 0 Å². The van der Waals surface area contributed by atoms with Crippen molar-refractivity contribution in [2.75, 3.05) is 19.7 Å². The van der Waals surface area contributed by atoms with Crippen molar-refractivity contribution in [2.24, 2.45) is 11.8 Å². The standard InChI is InChI=1S/C14H26N2O3/c1-4-19-13(17)7-10(2)9-16-14(18)12-5-6-15-11(3)8-12/h10-12,15H,4-9H2,1-3H3,(H,16,18)/t10?,11-,12-/m0/s1. The lowest BCUT2D eigenvalue weighted by molar-refractivity contribution is -0.144. The predicted octanol–water partition coefficient (Wildman–Crippen LogP) is 1.08. The summed E-state index contributed by atoms with van der Waals surface area (Å²) < 4.78 is 4.89. The quantitative estimate of drug-likeness (QED) is 0.709. The minimum absolute atomic E-state index is 0.103. The van der Waals surface area contributed by atoms with Crippen LogP contribution in [0.3, 0.4) is 0 Å². The van der Waals surface area contributed by atoms with E-state index in [1.165, 1.54) is 0 Å². The van der Waals surface area contributed by atoms with Gasteiger partial charge >= 0.3 is 5.97 Å². The van der Waals surface area contributed by atoms with E-state index in [2.05, 4.69) is 17.6 Å². The Morgan fingerprint density at radius 2 is 2.21 bits per heavy atom. The van der Waals surface area contributed by atoms with E-state index < -0.39 is 0 Å². The van der Waals surface area contributed by atoms with Gasteiger partial charge in [0.2, 0.25) is 5.91 Å². The molecule has 19 heavy (non-hydrogen) atoms. The van der Waals surface area contributed by atoms with Crippen LogP contribution in [0.25, 0.3) is 0 Å². The summed E-state index contributed by atoms with van der Waals surface area (Å²) in [5, 5.41) is 6.28. The Morgan fingerprint density at radius 3 is 2.84 bits per heavy atom. The SMILES string of the molecule is CCOC(=O)CC(C)CNC(=O)[C@H]1CCN[C@@H](C)C1. The highest BCUT2D eigenvalue weighted by molar-refractivity contribution is 5.78.